The Morgan fingerprint density at radius 1 is 0.938 bits per heavy atom. The summed E-state index contributed by atoms with van der Waals surface area (Å²) in [4.78, 5) is 25.2. The van der Waals surface area contributed by atoms with Crippen LogP contribution >= 0.6 is 15.9 Å². The van der Waals surface area contributed by atoms with E-state index in [0.29, 0.717) is 22.4 Å². The molecule has 0 fully saturated rings. The summed E-state index contributed by atoms with van der Waals surface area (Å²) in [6, 6.07) is 25.5. The molecule has 0 aliphatic rings. The molecular formula is C26H19BrN2O3. The fraction of sp³-hybridized carbons (Fsp3) is 0.0385. The molecule has 6 heteroatoms. The molecule has 32 heavy (non-hydrogen) atoms. The minimum atomic E-state index is -0.471. The Hall–Kier alpha value is -3.77. The summed E-state index contributed by atoms with van der Waals surface area (Å²) in [5.74, 6) is -0.463. The molecule has 1 N–H and O–H groups in total. The van der Waals surface area contributed by atoms with Crippen LogP contribution in [0.5, 0.6) is 5.75 Å². The van der Waals surface area contributed by atoms with E-state index in [9.17, 15) is 9.59 Å². The van der Waals surface area contributed by atoms with Gasteiger partial charge in [0.05, 0.1) is 11.8 Å². The largest absolute Gasteiger partial charge is 0.422 e. The quantitative estimate of drug-likeness (QED) is 0.165. The Balaban J connectivity index is 1.52. The fourth-order valence-corrected chi connectivity index (χ4v) is 3.58. The van der Waals surface area contributed by atoms with E-state index in [2.05, 4.69) is 26.5 Å². The number of carbonyl (C=O) groups excluding carboxylic acids is 2. The van der Waals surface area contributed by atoms with Gasteiger partial charge in [-0.2, -0.15) is 5.10 Å². The Kier molecular flexibility index (Phi) is 6.42. The third kappa shape index (κ3) is 4.92. The van der Waals surface area contributed by atoms with Crippen LogP contribution in [0, 0.1) is 6.92 Å². The molecule has 0 saturated heterocycles. The van der Waals surface area contributed by atoms with Crippen LogP contribution in [0.3, 0.4) is 0 Å². The second kappa shape index (κ2) is 9.58. The zero-order chi connectivity index (χ0) is 22.5. The predicted octanol–water partition coefficient (Wildman–Crippen LogP) is 5.89. The standard InChI is InChI=1S/C26H19BrN2O3/c1-17-9-11-19(12-10-17)26(31)32-24-14-13-21(27)15-20(24)16-28-29-25(30)23-8-4-6-18-5-2-3-7-22(18)23/h2-16H,1H3,(H,29,30). The van der Waals surface area contributed by atoms with Crippen LogP contribution in [0.25, 0.3) is 10.8 Å². The smallest absolute Gasteiger partial charge is 0.343 e. The van der Waals surface area contributed by atoms with E-state index in [1.54, 1.807) is 36.4 Å². The van der Waals surface area contributed by atoms with Crippen molar-refractivity contribution in [2.75, 3.05) is 0 Å². The minimum absolute atomic E-state index is 0.328. The molecule has 0 heterocycles. The predicted molar refractivity (Wildman–Crippen MR) is 129 cm³/mol. The molecule has 158 valence electrons. The number of hydrazone groups is 1. The summed E-state index contributed by atoms with van der Waals surface area (Å²) in [5, 5.41) is 5.90. The average Bonchev–Trinajstić information content (AvgIpc) is 2.80. The van der Waals surface area contributed by atoms with Gasteiger partial charge in [-0.1, -0.05) is 70.0 Å². The highest BCUT2D eigenvalue weighted by Gasteiger charge is 2.12. The van der Waals surface area contributed by atoms with Crippen LogP contribution in [-0.4, -0.2) is 18.1 Å². The molecule has 0 saturated carbocycles. The van der Waals surface area contributed by atoms with Gasteiger partial charge < -0.3 is 4.74 Å². The first-order valence-corrected chi connectivity index (χ1v) is 10.7. The number of nitrogens with one attached hydrogen (secondary N) is 1. The molecule has 0 aliphatic heterocycles. The highest BCUT2D eigenvalue weighted by atomic mass is 79.9. The van der Waals surface area contributed by atoms with E-state index in [1.807, 2.05) is 55.5 Å². The Labute approximate surface area is 193 Å². The highest BCUT2D eigenvalue weighted by Crippen LogP contribution is 2.23. The number of hydrogen-bond acceptors (Lipinski definition) is 4. The lowest BCUT2D eigenvalue weighted by molar-refractivity contribution is 0.0734. The number of carbonyl (C=O) groups is 2. The number of fused-ring (bicyclic) bond motifs is 1. The van der Waals surface area contributed by atoms with Crippen LogP contribution in [0.1, 0.15) is 31.8 Å². The Morgan fingerprint density at radius 2 is 1.69 bits per heavy atom. The fourth-order valence-electron chi connectivity index (χ4n) is 3.21. The highest BCUT2D eigenvalue weighted by molar-refractivity contribution is 9.10. The van der Waals surface area contributed by atoms with Crippen molar-refractivity contribution in [3.8, 4) is 5.75 Å². The molecule has 0 unspecified atom stereocenters. The maximum Gasteiger partial charge on any atom is 0.343 e. The molecule has 1 amide bonds. The van der Waals surface area contributed by atoms with E-state index in [0.717, 1.165) is 20.8 Å². The first kappa shape index (κ1) is 21.5. The van der Waals surface area contributed by atoms with Crippen molar-refractivity contribution in [2.24, 2.45) is 5.10 Å². The zero-order valence-electron chi connectivity index (χ0n) is 17.2. The molecule has 0 radical (unpaired) electrons. The maximum atomic E-state index is 12.7. The van der Waals surface area contributed by atoms with E-state index in [4.69, 9.17) is 4.74 Å². The molecule has 4 aromatic rings. The first-order valence-electron chi connectivity index (χ1n) is 9.91. The second-order valence-electron chi connectivity index (χ2n) is 7.16. The van der Waals surface area contributed by atoms with E-state index < -0.39 is 5.97 Å². The van der Waals surface area contributed by atoms with Crippen molar-refractivity contribution < 1.29 is 14.3 Å². The number of nitrogens with zero attached hydrogens (tertiary/aromatic N) is 1. The van der Waals surface area contributed by atoms with Gasteiger partial charge in [-0.15, -0.1) is 0 Å². The number of aryl methyl sites for hydroxylation is 1. The number of esters is 1. The van der Waals surface area contributed by atoms with Crippen molar-refractivity contribution in [3.63, 3.8) is 0 Å². The Bertz CT molecular complexity index is 1330. The lowest BCUT2D eigenvalue weighted by Crippen LogP contribution is -2.18. The van der Waals surface area contributed by atoms with E-state index >= 15 is 0 Å². The maximum absolute atomic E-state index is 12.7. The number of rotatable bonds is 5. The van der Waals surface area contributed by atoms with Crippen LogP contribution in [0.15, 0.2) is 94.5 Å². The van der Waals surface area contributed by atoms with Gasteiger partial charge in [0, 0.05) is 15.6 Å². The van der Waals surface area contributed by atoms with Gasteiger partial charge in [0.2, 0.25) is 0 Å². The van der Waals surface area contributed by atoms with Crippen LogP contribution in [0.4, 0.5) is 0 Å². The number of hydrogen-bond donors (Lipinski definition) is 1. The lowest BCUT2D eigenvalue weighted by Gasteiger charge is -2.08. The molecule has 0 spiro atoms. The summed E-state index contributed by atoms with van der Waals surface area (Å²) in [5.41, 5.74) is 5.13. The molecule has 0 aromatic heterocycles. The van der Waals surface area contributed by atoms with Crippen molar-refractivity contribution in [1.82, 2.24) is 5.43 Å². The summed E-state index contributed by atoms with van der Waals surface area (Å²) in [6.07, 6.45) is 1.45. The number of halogens is 1. The average molecular weight is 487 g/mol. The van der Waals surface area contributed by atoms with Gasteiger partial charge in [0.25, 0.3) is 5.91 Å². The summed E-state index contributed by atoms with van der Waals surface area (Å²) in [7, 11) is 0. The van der Waals surface area contributed by atoms with Crippen LogP contribution in [-0.2, 0) is 0 Å². The van der Waals surface area contributed by atoms with Crippen molar-refractivity contribution in [3.05, 3.63) is 112 Å². The van der Waals surface area contributed by atoms with Crippen molar-refractivity contribution >= 4 is 44.8 Å². The van der Waals surface area contributed by atoms with Gasteiger partial charge in [-0.3, -0.25) is 4.79 Å². The van der Waals surface area contributed by atoms with Gasteiger partial charge >= 0.3 is 5.97 Å². The van der Waals surface area contributed by atoms with E-state index in [1.165, 1.54) is 6.21 Å². The van der Waals surface area contributed by atoms with Gasteiger partial charge in [0.15, 0.2) is 0 Å². The third-order valence-corrected chi connectivity index (χ3v) is 5.36. The molecule has 5 nitrogen and oxygen atoms in total. The summed E-state index contributed by atoms with van der Waals surface area (Å²) >= 11 is 3.41. The van der Waals surface area contributed by atoms with Gasteiger partial charge in [-0.05, 0) is 54.1 Å². The number of amides is 1. The molecule has 4 rings (SSSR count). The molecule has 0 atom stereocenters. The SMILES string of the molecule is Cc1ccc(C(=O)Oc2ccc(Br)cc2C=NNC(=O)c2cccc3ccccc23)cc1. The van der Waals surface area contributed by atoms with Crippen LogP contribution < -0.4 is 10.2 Å². The van der Waals surface area contributed by atoms with Crippen molar-refractivity contribution in [2.45, 2.75) is 6.92 Å². The van der Waals surface area contributed by atoms with Crippen LogP contribution in [0.2, 0.25) is 0 Å². The van der Waals surface area contributed by atoms with Gasteiger partial charge in [-0.25, -0.2) is 10.2 Å². The topological polar surface area (TPSA) is 67.8 Å². The monoisotopic (exact) mass is 486 g/mol. The molecule has 4 aromatic carbocycles. The van der Waals surface area contributed by atoms with E-state index in [-0.39, 0.29) is 5.91 Å². The number of benzene rings is 4. The van der Waals surface area contributed by atoms with Crippen molar-refractivity contribution in [1.29, 1.82) is 0 Å². The molecule has 0 aliphatic carbocycles. The zero-order valence-corrected chi connectivity index (χ0v) is 18.8. The number of ether oxygens (including phenoxy) is 1. The lowest BCUT2D eigenvalue weighted by atomic mass is 10.0. The Morgan fingerprint density at radius 3 is 2.50 bits per heavy atom. The molecular weight excluding hydrogens is 468 g/mol. The second-order valence-corrected chi connectivity index (χ2v) is 8.08. The normalized spacial score (nSPS) is 10.9. The summed E-state index contributed by atoms with van der Waals surface area (Å²) in [6.45, 7) is 1.95. The molecule has 0 bridgehead atoms. The van der Waals surface area contributed by atoms with Gasteiger partial charge in [0.1, 0.15) is 5.75 Å². The minimum Gasteiger partial charge on any atom is -0.422 e. The third-order valence-electron chi connectivity index (χ3n) is 4.87. The summed E-state index contributed by atoms with van der Waals surface area (Å²) < 4.78 is 6.35. The first-order chi connectivity index (χ1) is 15.5.